The molecule has 3 heterocycles. The fraction of sp³-hybridized carbons (Fsp3) is 0.526. The number of fused-ring (bicyclic) bond motifs is 3. The molecule has 1 aromatic carbocycles. The molecule has 0 radical (unpaired) electrons. The molecule has 6 heteroatoms. The van der Waals surface area contributed by atoms with E-state index in [1.165, 1.54) is 25.9 Å². The lowest BCUT2D eigenvalue weighted by molar-refractivity contribution is 0.135. The molecule has 0 amide bonds. The summed E-state index contributed by atoms with van der Waals surface area (Å²) < 4.78 is 17.1. The molecule has 0 aliphatic carbocycles. The summed E-state index contributed by atoms with van der Waals surface area (Å²) in [6, 6.07) is 3.91. The summed E-state index contributed by atoms with van der Waals surface area (Å²) in [4.78, 5) is 6.99. The van der Waals surface area contributed by atoms with Gasteiger partial charge in [0.1, 0.15) is 5.15 Å². The van der Waals surface area contributed by atoms with Crippen molar-refractivity contribution in [2.24, 2.45) is 0 Å². The average molecular weight is 363 g/mol. The Morgan fingerprint density at radius 2 is 1.96 bits per heavy atom. The van der Waals surface area contributed by atoms with Crippen molar-refractivity contribution in [2.45, 2.75) is 32.5 Å². The third-order valence-corrected chi connectivity index (χ3v) is 5.32. The van der Waals surface area contributed by atoms with Crippen molar-refractivity contribution in [2.75, 3.05) is 33.4 Å². The van der Waals surface area contributed by atoms with Gasteiger partial charge in [-0.1, -0.05) is 11.6 Å². The Labute approximate surface area is 152 Å². The highest BCUT2D eigenvalue weighted by Crippen LogP contribution is 2.38. The zero-order valence-corrected chi connectivity index (χ0v) is 15.3. The van der Waals surface area contributed by atoms with Gasteiger partial charge in [-0.25, -0.2) is 4.98 Å². The molecule has 5 nitrogen and oxygen atoms in total. The van der Waals surface area contributed by atoms with Crippen molar-refractivity contribution in [1.82, 2.24) is 9.88 Å². The first-order valence-corrected chi connectivity index (χ1v) is 9.26. The van der Waals surface area contributed by atoms with Gasteiger partial charge in [0.2, 0.25) is 0 Å². The van der Waals surface area contributed by atoms with Crippen LogP contribution in [-0.2, 0) is 18.0 Å². The molecule has 0 N–H and O–H groups in total. The van der Waals surface area contributed by atoms with Gasteiger partial charge in [-0.3, -0.25) is 0 Å². The molecule has 0 atom stereocenters. The Bertz CT molecular complexity index is 775. The van der Waals surface area contributed by atoms with Crippen molar-refractivity contribution >= 4 is 22.5 Å². The standard InChI is InChI=1S/C19H23ClN2O3/c1-23-17-10-16-13(14-11-24-12-15(14)19(20)21-16)9-18(17)25-8-4-7-22-5-2-3-6-22/h9-10H,2-8,11-12H2,1H3. The van der Waals surface area contributed by atoms with Crippen molar-refractivity contribution in [1.29, 1.82) is 0 Å². The van der Waals surface area contributed by atoms with Gasteiger partial charge in [0.25, 0.3) is 0 Å². The molecule has 134 valence electrons. The number of pyridine rings is 1. The fourth-order valence-corrected chi connectivity index (χ4v) is 3.92. The van der Waals surface area contributed by atoms with E-state index >= 15 is 0 Å². The van der Waals surface area contributed by atoms with Crippen LogP contribution in [0.1, 0.15) is 30.4 Å². The van der Waals surface area contributed by atoms with E-state index in [1.54, 1.807) is 7.11 Å². The molecule has 0 bridgehead atoms. The van der Waals surface area contributed by atoms with Gasteiger partial charge >= 0.3 is 0 Å². The molecule has 2 aliphatic heterocycles. The molecule has 1 saturated heterocycles. The highest BCUT2D eigenvalue weighted by molar-refractivity contribution is 6.30. The first kappa shape index (κ1) is 16.9. The number of rotatable bonds is 6. The van der Waals surface area contributed by atoms with Crippen molar-refractivity contribution in [3.63, 3.8) is 0 Å². The predicted molar refractivity (Wildman–Crippen MR) is 97.6 cm³/mol. The molecule has 2 aromatic rings. The SMILES string of the molecule is COc1cc2nc(Cl)c3c(c2cc1OCCCN1CCCC1)COC3. The van der Waals surface area contributed by atoms with E-state index in [9.17, 15) is 0 Å². The normalized spacial score (nSPS) is 17.2. The minimum Gasteiger partial charge on any atom is -0.493 e. The van der Waals surface area contributed by atoms with E-state index in [2.05, 4.69) is 9.88 Å². The maximum Gasteiger partial charge on any atom is 0.162 e. The zero-order valence-electron chi connectivity index (χ0n) is 14.5. The molecule has 0 unspecified atom stereocenters. The number of hydrogen-bond acceptors (Lipinski definition) is 5. The molecule has 2 aliphatic rings. The zero-order chi connectivity index (χ0) is 17.2. The third kappa shape index (κ3) is 3.41. The number of ether oxygens (including phenoxy) is 3. The van der Waals surface area contributed by atoms with Gasteiger partial charge in [-0.05, 0) is 44.0 Å². The Balaban J connectivity index is 1.54. The molecule has 0 saturated carbocycles. The number of methoxy groups -OCH3 is 1. The monoisotopic (exact) mass is 362 g/mol. The summed E-state index contributed by atoms with van der Waals surface area (Å²) >= 11 is 6.28. The van der Waals surface area contributed by atoms with Crippen LogP contribution in [-0.4, -0.2) is 43.2 Å². The minimum atomic E-state index is 0.515. The van der Waals surface area contributed by atoms with Crippen molar-refractivity contribution < 1.29 is 14.2 Å². The van der Waals surface area contributed by atoms with Crippen LogP contribution in [0.2, 0.25) is 5.15 Å². The summed E-state index contributed by atoms with van der Waals surface area (Å²) in [7, 11) is 1.65. The number of aromatic nitrogens is 1. The summed E-state index contributed by atoms with van der Waals surface area (Å²) in [5.41, 5.74) is 2.91. The van der Waals surface area contributed by atoms with Gasteiger partial charge in [0.15, 0.2) is 11.5 Å². The van der Waals surface area contributed by atoms with Crippen LogP contribution < -0.4 is 9.47 Å². The van der Waals surface area contributed by atoms with E-state index in [0.29, 0.717) is 30.7 Å². The Kier molecular flexibility index (Phi) is 4.97. The average Bonchev–Trinajstić information content (AvgIpc) is 3.30. The fourth-order valence-electron chi connectivity index (χ4n) is 3.66. The molecule has 1 fully saturated rings. The quantitative estimate of drug-likeness (QED) is 0.577. The Morgan fingerprint density at radius 3 is 2.76 bits per heavy atom. The van der Waals surface area contributed by atoms with E-state index in [1.807, 2.05) is 12.1 Å². The molecule has 25 heavy (non-hydrogen) atoms. The summed E-state index contributed by atoms with van der Waals surface area (Å²) in [6.07, 6.45) is 3.66. The minimum absolute atomic E-state index is 0.515. The molecule has 0 spiro atoms. The molecular formula is C19H23ClN2O3. The second kappa shape index (κ2) is 7.36. The number of nitrogens with zero attached hydrogens (tertiary/aromatic N) is 2. The number of hydrogen-bond donors (Lipinski definition) is 0. The van der Waals surface area contributed by atoms with Crippen LogP contribution in [0, 0.1) is 0 Å². The van der Waals surface area contributed by atoms with Gasteiger partial charge in [0.05, 0.1) is 32.4 Å². The second-order valence-corrected chi connectivity index (χ2v) is 6.98. The maximum atomic E-state index is 6.28. The van der Waals surface area contributed by atoms with Crippen LogP contribution in [0.3, 0.4) is 0 Å². The van der Waals surface area contributed by atoms with Crippen LogP contribution in [0.5, 0.6) is 11.5 Å². The van der Waals surface area contributed by atoms with E-state index in [-0.39, 0.29) is 0 Å². The Hall–Kier alpha value is -1.56. The summed E-state index contributed by atoms with van der Waals surface area (Å²) in [5.74, 6) is 1.45. The van der Waals surface area contributed by atoms with Crippen LogP contribution in [0.4, 0.5) is 0 Å². The maximum absolute atomic E-state index is 6.28. The number of likely N-dealkylation sites (tertiary alicyclic amines) is 1. The molecule has 4 rings (SSSR count). The lowest BCUT2D eigenvalue weighted by Gasteiger charge is -2.16. The number of benzene rings is 1. The van der Waals surface area contributed by atoms with Crippen molar-refractivity contribution in [3.05, 3.63) is 28.4 Å². The van der Waals surface area contributed by atoms with E-state index < -0.39 is 0 Å². The smallest absolute Gasteiger partial charge is 0.162 e. The van der Waals surface area contributed by atoms with Crippen LogP contribution in [0.25, 0.3) is 10.9 Å². The Morgan fingerprint density at radius 1 is 1.16 bits per heavy atom. The van der Waals surface area contributed by atoms with E-state index in [4.69, 9.17) is 25.8 Å². The van der Waals surface area contributed by atoms with E-state index in [0.717, 1.165) is 40.7 Å². The number of halogens is 1. The highest BCUT2D eigenvalue weighted by atomic mass is 35.5. The third-order valence-electron chi connectivity index (χ3n) is 5.01. The van der Waals surface area contributed by atoms with Crippen LogP contribution >= 0.6 is 11.6 Å². The van der Waals surface area contributed by atoms with Crippen molar-refractivity contribution in [3.8, 4) is 11.5 Å². The second-order valence-electron chi connectivity index (χ2n) is 6.62. The highest BCUT2D eigenvalue weighted by Gasteiger charge is 2.21. The largest absolute Gasteiger partial charge is 0.493 e. The van der Waals surface area contributed by atoms with Gasteiger partial charge in [-0.2, -0.15) is 0 Å². The lowest BCUT2D eigenvalue weighted by Crippen LogP contribution is -2.21. The van der Waals surface area contributed by atoms with Crippen LogP contribution in [0.15, 0.2) is 12.1 Å². The first-order chi connectivity index (χ1) is 12.3. The molecular weight excluding hydrogens is 340 g/mol. The first-order valence-electron chi connectivity index (χ1n) is 8.88. The van der Waals surface area contributed by atoms with Gasteiger partial charge < -0.3 is 19.1 Å². The van der Waals surface area contributed by atoms with Gasteiger partial charge in [-0.15, -0.1) is 0 Å². The predicted octanol–water partition coefficient (Wildman–Crippen LogP) is 3.79. The lowest BCUT2D eigenvalue weighted by atomic mass is 10.1. The topological polar surface area (TPSA) is 43.8 Å². The summed E-state index contributed by atoms with van der Waals surface area (Å²) in [6.45, 7) is 5.30. The molecule has 1 aromatic heterocycles. The summed E-state index contributed by atoms with van der Waals surface area (Å²) in [5, 5.41) is 1.55. The van der Waals surface area contributed by atoms with Gasteiger partial charge in [0, 0.05) is 23.6 Å².